The van der Waals surface area contributed by atoms with Crippen LogP contribution in [0.15, 0.2) is 29.3 Å². The average Bonchev–Trinajstić information content (AvgIpc) is 2.33. The Kier molecular flexibility index (Phi) is 6.28. The maximum Gasteiger partial charge on any atom is 0.188 e. The quantitative estimate of drug-likeness (QED) is 0.479. The number of guanidine groups is 1. The van der Waals surface area contributed by atoms with E-state index in [1.54, 1.807) is 12.1 Å². The van der Waals surface area contributed by atoms with Crippen molar-refractivity contribution in [3.63, 3.8) is 0 Å². The van der Waals surface area contributed by atoms with Crippen LogP contribution in [-0.2, 0) is 0 Å². The van der Waals surface area contributed by atoms with Gasteiger partial charge in [-0.3, -0.25) is 4.99 Å². The molecule has 0 bridgehead atoms. The lowest BCUT2D eigenvalue weighted by Gasteiger charge is -2.20. The minimum Gasteiger partial charge on any atom is -0.494 e. The van der Waals surface area contributed by atoms with Gasteiger partial charge in [-0.15, -0.1) is 0 Å². The Morgan fingerprint density at radius 3 is 2.50 bits per heavy atom. The predicted molar refractivity (Wildman–Crippen MR) is 80.5 cm³/mol. The number of nitrogens with two attached hydrogens (primary N) is 1. The summed E-state index contributed by atoms with van der Waals surface area (Å²) in [5, 5.41) is 3.10. The van der Waals surface area contributed by atoms with Gasteiger partial charge in [0.25, 0.3) is 0 Å². The molecule has 112 valence electrons. The Balaban J connectivity index is 2.13. The molecule has 0 radical (unpaired) electrons. The van der Waals surface area contributed by atoms with Crippen molar-refractivity contribution in [3.8, 4) is 5.75 Å². The fourth-order valence-corrected chi connectivity index (χ4v) is 1.56. The first-order valence-electron chi connectivity index (χ1n) is 6.83. The van der Waals surface area contributed by atoms with Gasteiger partial charge in [0.2, 0.25) is 0 Å². The average molecular weight is 281 g/mol. The predicted octanol–water partition coefficient (Wildman–Crippen LogP) is 2.69. The van der Waals surface area contributed by atoms with Crippen LogP contribution >= 0.6 is 0 Å². The summed E-state index contributed by atoms with van der Waals surface area (Å²) in [6.45, 7) is 7.36. The lowest BCUT2D eigenvalue weighted by molar-refractivity contribution is 0.307. The van der Waals surface area contributed by atoms with Crippen LogP contribution in [-0.4, -0.2) is 24.7 Å². The molecule has 0 aliphatic carbocycles. The molecule has 1 aromatic rings. The third kappa shape index (κ3) is 7.61. The Labute approximate surface area is 120 Å². The van der Waals surface area contributed by atoms with Gasteiger partial charge in [-0.2, -0.15) is 0 Å². The van der Waals surface area contributed by atoms with Gasteiger partial charge in [0, 0.05) is 12.1 Å². The van der Waals surface area contributed by atoms with E-state index in [0.717, 1.165) is 12.8 Å². The zero-order valence-corrected chi connectivity index (χ0v) is 12.4. The van der Waals surface area contributed by atoms with Crippen molar-refractivity contribution in [2.75, 3.05) is 13.2 Å². The largest absolute Gasteiger partial charge is 0.494 e. The van der Waals surface area contributed by atoms with Crippen molar-refractivity contribution in [3.05, 3.63) is 30.1 Å². The first-order valence-corrected chi connectivity index (χ1v) is 6.83. The van der Waals surface area contributed by atoms with Gasteiger partial charge in [0.15, 0.2) is 5.96 Å². The molecule has 4 nitrogen and oxygen atoms in total. The monoisotopic (exact) mass is 281 g/mol. The van der Waals surface area contributed by atoms with Crippen LogP contribution in [0.2, 0.25) is 0 Å². The molecule has 3 N–H and O–H groups in total. The lowest BCUT2D eigenvalue weighted by atomic mass is 10.1. The van der Waals surface area contributed by atoms with Crippen molar-refractivity contribution in [1.29, 1.82) is 0 Å². The summed E-state index contributed by atoms with van der Waals surface area (Å²) in [4.78, 5) is 4.24. The van der Waals surface area contributed by atoms with Crippen molar-refractivity contribution in [2.24, 2.45) is 10.7 Å². The molecule has 0 aliphatic rings. The molecule has 0 amide bonds. The number of hydrogen-bond acceptors (Lipinski definition) is 2. The standard InChI is InChI=1S/C15H24FN3O/c1-15(2,3)19-14(17)18-10-4-5-11-20-13-8-6-12(16)7-9-13/h6-9H,4-5,10-11H2,1-3H3,(H3,17,18,19). The van der Waals surface area contributed by atoms with Gasteiger partial charge >= 0.3 is 0 Å². The summed E-state index contributed by atoms with van der Waals surface area (Å²) in [5.41, 5.74) is 5.68. The van der Waals surface area contributed by atoms with E-state index in [1.165, 1.54) is 12.1 Å². The van der Waals surface area contributed by atoms with Crippen molar-refractivity contribution in [2.45, 2.75) is 39.2 Å². The van der Waals surface area contributed by atoms with Gasteiger partial charge in [0.05, 0.1) is 6.61 Å². The van der Waals surface area contributed by atoms with Gasteiger partial charge in [-0.1, -0.05) is 0 Å². The lowest BCUT2D eigenvalue weighted by Crippen LogP contribution is -2.45. The number of hydrogen-bond donors (Lipinski definition) is 2. The zero-order chi connectivity index (χ0) is 15.0. The zero-order valence-electron chi connectivity index (χ0n) is 12.4. The number of ether oxygens (including phenoxy) is 1. The van der Waals surface area contributed by atoms with E-state index in [4.69, 9.17) is 10.5 Å². The molecule has 0 heterocycles. The number of halogens is 1. The molecule has 0 unspecified atom stereocenters. The van der Waals surface area contributed by atoms with E-state index < -0.39 is 0 Å². The molecule has 0 aliphatic heterocycles. The van der Waals surface area contributed by atoms with Crippen molar-refractivity contribution in [1.82, 2.24) is 5.32 Å². The molecule has 0 saturated heterocycles. The molecular formula is C15H24FN3O. The topological polar surface area (TPSA) is 59.6 Å². The first kappa shape index (κ1) is 16.3. The van der Waals surface area contributed by atoms with E-state index in [-0.39, 0.29) is 11.4 Å². The second-order valence-corrected chi connectivity index (χ2v) is 5.65. The third-order valence-electron chi connectivity index (χ3n) is 2.42. The maximum absolute atomic E-state index is 12.7. The molecule has 0 saturated carbocycles. The number of unbranched alkanes of at least 4 members (excludes halogenated alkanes) is 1. The second kappa shape index (κ2) is 7.72. The number of rotatable bonds is 6. The van der Waals surface area contributed by atoms with E-state index in [0.29, 0.717) is 24.9 Å². The highest BCUT2D eigenvalue weighted by atomic mass is 19.1. The van der Waals surface area contributed by atoms with Crippen molar-refractivity contribution >= 4 is 5.96 Å². The van der Waals surface area contributed by atoms with Crippen molar-refractivity contribution < 1.29 is 9.13 Å². The van der Waals surface area contributed by atoms with E-state index in [2.05, 4.69) is 10.3 Å². The number of benzene rings is 1. The summed E-state index contributed by atoms with van der Waals surface area (Å²) in [5.74, 6) is 0.897. The van der Waals surface area contributed by atoms with Gasteiger partial charge < -0.3 is 15.8 Å². The minimum atomic E-state index is -0.256. The first-order chi connectivity index (χ1) is 9.37. The molecule has 0 aromatic heterocycles. The highest BCUT2D eigenvalue weighted by molar-refractivity contribution is 5.78. The summed E-state index contributed by atoms with van der Waals surface area (Å²) in [7, 11) is 0. The molecule has 1 rings (SSSR count). The van der Waals surface area contributed by atoms with Crippen LogP contribution in [0.5, 0.6) is 5.75 Å². The Bertz CT molecular complexity index is 424. The molecular weight excluding hydrogens is 257 g/mol. The summed E-state index contributed by atoms with van der Waals surface area (Å²) in [6, 6.07) is 6.02. The Morgan fingerprint density at radius 1 is 1.25 bits per heavy atom. The highest BCUT2D eigenvalue weighted by Crippen LogP contribution is 2.11. The van der Waals surface area contributed by atoms with E-state index in [1.807, 2.05) is 20.8 Å². The fraction of sp³-hybridized carbons (Fsp3) is 0.533. The second-order valence-electron chi connectivity index (χ2n) is 5.65. The van der Waals surface area contributed by atoms with Crippen LogP contribution in [0.4, 0.5) is 4.39 Å². The molecule has 0 atom stereocenters. The summed E-state index contributed by atoms with van der Waals surface area (Å²) in [6.07, 6.45) is 1.78. The summed E-state index contributed by atoms with van der Waals surface area (Å²) >= 11 is 0. The van der Waals surface area contributed by atoms with Gasteiger partial charge in [0.1, 0.15) is 11.6 Å². The normalized spacial score (nSPS) is 12.3. The summed E-state index contributed by atoms with van der Waals surface area (Å²) < 4.78 is 18.2. The Hall–Kier alpha value is -1.78. The Morgan fingerprint density at radius 2 is 1.90 bits per heavy atom. The number of nitrogens with zero attached hydrogens (tertiary/aromatic N) is 1. The van der Waals surface area contributed by atoms with Gasteiger partial charge in [-0.25, -0.2) is 4.39 Å². The molecule has 20 heavy (non-hydrogen) atoms. The highest BCUT2D eigenvalue weighted by Gasteiger charge is 2.09. The van der Waals surface area contributed by atoms with Crippen LogP contribution < -0.4 is 15.8 Å². The van der Waals surface area contributed by atoms with E-state index >= 15 is 0 Å². The minimum absolute atomic E-state index is 0.0702. The smallest absolute Gasteiger partial charge is 0.188 e. The van der Waals surface area contributed by atoms with Crippen LogP contribution in [0, 0.1) is 5.82 Å². The number of aliphatic imine (C=N–C) groups is 1. The third-order valence-corrected chi connectivity index (χ3v) is 2.42. The van der Waals surface area contributed by atoms with Crippen LogP contribution in [0.1, 0.15) is 33.6 Å². The van der Waals surface area contributed by atoms with Crippen LogP contribution in [0.3, 0.4) is 0 Å². The number of nitrogens with one attached hydrogen (secondary N) is 1. The van der Waals surface area contributed by atoms with Crippen LogP contribution in [0.25, 0.3) is 0 Å². The fourth-order valence-electron chi connectivity index (χ4n) is 1.56. The maximum atomic E-state index is 12.7. The van der Waals surface area contributed by atoms with E-state index in [9.17, 15) is 4.39 Å². The molecule has 0 spiro atoms. The van der Waals surface area contributed by atoms with Gasteiger partial charge in [-0.05, 0) is 57.9 Å². The molecule has 5 heteroatoms. The SMILES string of the molecule is CC(C)(C)NC(N)=NCCCCOc1ccc(F)cc1. The molecule has 0 fully saturated rings. The molecule has 1 aromatic carbocycles.